The van der Waals surface area contributed by atoms with Crippen molar-refractivity contribution >= 4 is 5.97 Å². The van der Waals surface area contributed by atoms with Gasteiger partial charge in [0.15, 0.2) is 0 Å². The number of hydrogen-bond acceptors (Lipinski definition) is 3. The second kappa shape index (κ2) is 5.98. The maximum Gasteiger partial charge on any atom is 0.305 e. The number of aliphatic carboxylic acids is 1. The summed E-state index contributed by atoms with van der Waals surface area (Å²) in [4.78, 5) is 10.7. The Morgan fingerprint density at radius 1 is 1.44 bits per heavy atom. The maximum atomic E-state index is 10.7. The van der Waals surface area contributed by atoms with Crippen molar-refractivity contribution in [3.8, 4) is 0 Å². The molecule has 0 aliphatic rings. The van der Waals surface area contributed by atoms with Crippen LogP contribution in [0.5, 0.6) is 0 Å². The smallest absolute Gasteiger partial charge is 0.305 e. The van der Waals surface area contributed by atoms with E-state index in [-0.39, 0.29) is 12.0 Å². The summed E-state index contributed by atoms with van der Waals surface area (Å²) in [6, 6.07) is 7.18. The van der Waals surface area contributed by atoms with E-state index in [4.69, 9.17) is 15.6 Å². The SMILES string of the molecule is COC(C)(C)Cc1ccccc1C(N)CC(=O)O. The van der Waals surface area contributed by atoms with E-state index in [1.54, 1.807) is 7.11 Å². The zero-order valence-electron chi connectivity index (χ0n) is 11.1. The minimum atomic E-state index is -0.886. The highest BCUT2D eigenvalue weighted by molar-refractivity contribution is 5.68. The zero-order valence-corrected chi connectivity index (χ0v) is 11.1. The second-order valence-corrected chi connectivity index (χ2v) is 5.04. The number of rotatable bonds is 6. The van der Waals surface area contributed by atoms with Gasteiger partial charge in [0, 0.05) is 19.6 Å². The number of methoxy groups -OCH3 is 1. The average Bonchev–Trinajstić information content (AvgIpc) is 2.28. The first-order chi connectivity index (χ1) is 8.35. The van der Waals surface area contributed by atoms with Gasteiger partial charge in [-0.3, -0.25) is 4.79 Å². The Hall–Kier alpha value is -1.39. The van der Waals surface area contributed by atoms with Crippen molar-refractivity contribution in [1.29, 1.82) is 0 Å². The molecular weight excluding hydrogens is 230 g/mol. The fourth-order valence-electron chi connectivity index (χ4n) is 1.89. The van der Waals surface area contributed by atoms with Crippen LogP contribution in [-0.4, -0.2) is 23.8 Å². The molecule has 0 aliphatic heterocycles. The molecule has 0 saturated heterocycles. The Labute approximate surface area is 108 Å². The monoisotopic (exact) mass is 251 g/mol. The van der Waals surface area contributed by atoms with Gasteiger partial charge >= 0.3 is 5.97 Å². The predicted octanol–water partition coefficient (Wildman–Crippen LogP) is 2.13. The summed E-state index contributed by atoms with van der Waals surface area (Å²) >= 11 is 0. The number of carboxylic acid groups (broad SMARTS) is 1. The lowest BCUT2D eigenvalue weighted by atomic mass is 9.91. The van der Waals surface area contributed by atoms with Crippen LogP contribution in [0.2, 0.25) is 0 Å². The quantitative estimate of drug-likeness (QED) is 0.812. The van der Waals surface area contributed by atoms with Gasteiger partial charge in [-0.05, 0) is 25.0 Å². The summed E-state index contributed by atoms with van der Waals surface area (Å²) in [6.07, 6.45) is 0.636. The molecule has 1 rings (SSSR count). The van der Waals surface area contributed by atoms with Crippen LogP contribution in [0.4, 0.5) is 0 Å². The molecule has 0 aliphatic carbocycles. The molecule has 3 N–H and O–H groups in total. The number of hydrogen-bond donors (Lipinski definition) is 2. The van der Waals surface area contributed by atoms with Crippen molar-refractivity contribution in [1.82, 2.24) is 0 Å². The molecule has 0 saturated carbocycles. The molecule has 0 radical (unpaired) electrons. The van der Waals surface area contributed by atoms with Crippen LogP contribution < -0.4 is 5.73 Å². The van der Waals surface area contributed by atoms with Gasteiger partial charge in [0.1, 0.15) is 0 Å². The molecule has 0 bridgehead atoms. The molecule has 0 amide bonds. The predicted molar refractivity (Wildman–Crippen MR) is 70.4 cm³/mol. The molecule has 4 nitrogen and oxygen atoms in total. The highest BCUT2D eigenvalue weighted by Gasteiger charge is 2.21. The van der Waals surface area contributed by atoms with Gasteiger partial charge in [0.05, 0.1) is 12.0 Å². The van der Waals surface area contributed by atoms with Gasteiger partial charge in [0.25, 0.3) is 0 Å². The van der Waals surface area contributed by atoms with Crippen molar-refractivity contribution < 1.29 is 14.6 Å². The second-order valence-electron chi connectivity index (χ2n) is 5.04. The maximum absolute atomic E-state index is 10.7. The lowest BCUT2D eigenvalue weighted by Gasteiger charge is -2.25. The molecule has 1 aromatic carbocycles. The summed E-state index contributed by atoms with van der Waals surface area (Å²) in [5.74, 6) is -0.886. The van der Waals surface area contributed by atoms with Crippen LogP contribution in [0.3, 0.4) is 0 Å². The Morgan fingerprint density at radius 2 is 2.06 bits per heavy atom. The first kappa shape index (κ1) is 14.7. The highest BCUT2D eigenvalue weighted by Crippen LogP contribution is 2.24. The number of carbonyl (C=O) groups is 1. The summed E-state index contributed by atoms with van der Waals surface area (Å²) in [6.45, 7) is 3.99. The topological polar surface area (TPSA) is 72.5 Å². The summed E-state index contributed by atoms with van der Waals surface area (Å²) < 4.78 is 5.40. The van der Waals surface area contributed by atoms with Crippen LogP contribution >= 0.6 is 0 Å². The minimum Gasteiger partial charge on any atom is -0.481 e. The van der Waals surface area contributed by atoms with Crippen LogP contribution in [0.15, 0.2) is 24.3 Å². The van der Waals surface area contributed by atoms with Gasteiger partial charge in [-0.2, -0.15) is 0 Å². The Bertz CT molecular complexity index is 415. The van der Waals surface area contributed by atoms with E-state index in [0.717, 1.165) is 11.1 Å². The van der Waals surface area contributed by atoms with Crippen LogP contribution in [0, 0.1) is 0 Å². The normalized spacial score (nSPS) is 13.3. The molecule has 1 aromatic rings. The van der Waals surface area contributed by atoms with Gasteiger partial charge in [-0.25, -0.2) is 0 Å². The average molecular weight is 251 g/mol. The van der Waals surface area contributed by atoms with Gasteiger partial charge in [-0.1, -0.05) is 24.3 Å². The number of benzene rings is 1. The van der Waals surface area contributed by atoms with E-state index in [2.05, 4.69) is 0 Å². The summed E-state index contributed by atoms with van der Waals surface area (Å²) in [5, 5.41) is 8.81. The third-order valence-electron chi connectivity index (χ3n) is 3.02. The van der Waals surface area contributed by atoms with Gasteiger partial charge in [0.2, 0.25) is 0 Å². The lowest BCUT2D eigenvalue weighted by molar-refractivity contribution is -0.137. The van der Waals surface area contributed by atoms with E-state index < -0.39 is 12.0 Å². The van der Waals surface area contributed by atoms with Crippen molar-refractivity contribution in [2.75, 3.05) is 7.11 Å². The van der Waals surface area contributed by atoms with Gasteiger partial charge in [-0.15, -0.1) is 0 Å². The van der Waals surface area contributed by atoms with Crippen molar-refractivity contribution in [3.05, 3.63) is 35.4 Å². The largest absolute Gasteiger partial charge is 0.481 e. The lowest BCUT2D eigenvalue weighted by Crippen LogP contribution is -2.27. The molecule has 18 heavy (non-hydrogen) atoms. The Balaban J connectivity index is 2.95. The zero-order chi connectivity index (χ0) is 13.8. The molecule has 1 atom stereocenters. The van der Waals surface area contributed by atoms with Gasteiger partial charge < -0.3 is 15.6 Å². The van der Waals surface area contributed by atoms with Crippen LogP contribution in [0.25, 0.3) is 0 Å². The van der Waals surface area contributed by atoms with E-state index in [9.17, 15) is 4.79 Å². The Kier molecular flexibility index (Phi) is 4.87. The third kappa shape index (κ3) is 4.13. The van der Waals surface area contributed by atoms with E-state index in [1.165, 1.54) is 0 Å². The number of ether oxygens (including phenoxy) is 1. The van der Waals surface area contributed by atoms with Crippen LogP contribution in [-0.2, 0) is 16.0 Å². The highest BCUT2D eigenvalue weighted by atomic mass is 16.5. The van der Waals surface area contributed by atoms with Crippen LogP contribution in [0.1, 0.15) is 37.4 Å². The molecule has 0 spiro atoms. The first-order valence-corrected chi connectivity index (χ1v) is 5.96. The molecule has 4 heteroatoms. The minimum absolute atomic E-state index is 0.0651. The third-order valence-corrected chi connectivity index (χ3v) is 3.02. The molecule has 1 unspecified atom stereocenters. The molecule has 100 valence electrons. The van der Waals surface area contributed by atoms with Crippen molar-refractivity contribution in [2.24, 2.45) is 5.73 Å². The van der Waals surface area contributed by atoms with E-state index >= 15 is 0 Å². The van der Waals surface area contributed by atoms with Crippen molar-refractivity contribution in [2.45, 2.75) is 38.3 Å². The van der Waals surface area contributed by atoms with E-state index in [0.29, 0.717) is 6.42 Å². The molecule has 0 aromatic heterocycles. The summed E-state index contributed by atoms with van der Waals surface area (Å²) in [5.41, 5.74) is 7.56. The van der Waals surface area contributed by atoms with E-state index in [1.807, 2.05) is 38.1 Å². The van der Waals surface area contributed by atoms with Crippen molar-refractivity contribution in [3.63, 3.8) is 0 Å². The molecule has 0 fully saturated rings. The Morgan fingerprint density at radius 3 is 2.61 bits per heavy atom. The molecule has 0 heterocycles. The summed E-state index contributed by atoms with van der Waals surface area (Å²) in [7, 11) is 1.67. The number of carboxylic acids is 1. The fourth-order valence-corrected chi connectivity index (χ4v) is 1.89. The molecular formula is C14H21NO3. The first-order valence-electron chi connectivity index (χ1n) is 5.96. The number of nitrogens with two attached hydrogens (primary N) is 1. The standard InChI is InChI=1S/C14H21NO3/c1-14(2,18-3)9-10-6-4-5-7-11(10)12(15)8-13(16)17/h4-7,12H,8-9,15H2,1-3H3,(H,16,17). The fraction of sp³-hybridized carbons (Fsp3) is 0.500.